The quantitative estimate of drug-likeness (QED) is 0.770. The summed E-state index contributed by atoms with van der Waals surface area (Å²) in [5, 5.41) is 4.49. The minimum atomic E-state index is -0.310. The van der Waals surface area contributed by atoms with Crippen LogP contribution in [0.15, 0.2) is 40.1 Å². The Hall–Kier alpha value is -1.57. The van der Waals surface area contributed by atoms with E-state index in [0.29, 0.717) is 37.0 Å². The second-order valence-electron chi connectivity index (χ2n) is 5.04. The first kappa shape index (κ1) is 16.3. The highest BCUT2D eigenvalue weighted by Crippen LogP contribution is 2.23. The summed E-state index contributed by atoms with van der Waals surface area (Å²) in [6.07, 6.45) is 1.43. The molecule has 23 heavy (non-hydrogen) atoms. The number of nitrogens with zero attached hydrogens (tertiary/aromatic N) is 3. The number of carbonyl (C=O) groups excluding carboxylic acids is 1. The SMILES string of the molecule is O=C(CCSc1ccc(Cl)cc1)N1CCOC(c2ncon2)C1. The summed E-state index contributed by atoms with van der Waals surface area (Å²) in [5.41, 5.74) is 0. The van der Waals surface area contributed by atoms with E-state index in [2.05, 4.69) is 10.1 Å². The molecule has 8 heteroatoms. The Balaban J connectivity index is 1.47. The van der Waals surface area contributed by atoms with E-state index >= 15 is 0 Å². The van der Waals surface area contributed by atoms with Crippen LogP contribution >= 0.6 is 23.4 Å². The van der Waals surface area contributed by atoms with Gasteiger partial charge in [0, 0.05) is 28.6 Å². The van der Waals surface area contributed by atoms with E-state index in [4.69, 9.17) is 20.9 Å². The lowest BCUT2D eigenvalue weighted by molar-refractivity contribution is -0.138. The Bertz CT molecular complexity index is 636. The maximum absolute atomic E-state index is 12.3. The number of morpholine rings is 1. The summed E-state index contributed by atoms with van der Waals surface area (Å²) < 4.78 is 10.3. The summed E-state index contributed by atoms with van der Waals surface area (Å²) in [7, 11) is 0. The van der Waals surface area contributed by atoms with Gasteiger partial charge in [0.2, 0.25) is 18.1 Å². The van der Waals surface area contributed by atoms with Crippen molar-refractivity contribution in [1.29, 1.82) is 0 Å². The lowest BCUT2D eigenvalue weighted by Gasteiger charge is -2.31. The third-order valence-electron chi connectivity index (χ3n) is 3.48. The Morgan fingerprint density at radius 3 is 2.96 bits per heavy atom. The van der Waals surface area contributed by atoms with Crippen molar-refractivity contribution in [2.24, 2.45) is 0 Å². The van der Waals surface area contributed by atoms with Crippen LogP contribution in [0.25, 0.3) is 0 Å². The van der Waals surface area contributed by atoms with E-state index < -0.39 is 0 Å². The zero-order valence-corrected chi connectivity index (χ0v) is 13.9. The number of rotatable bonds is 5. The van der Waals surface area contributed by atoms with Gasteiger partial charge < -0.3 is 14.2 Å². The maximum Gasteiger partial charge on any atom is 0.223 e. The predicted octanol–water partition coefficient (Wildman–Crippen LogP) is 2.81. The molecule has 1 aliphatic heterocycles. The summed E-state index contributed by atoms with van der Waals surface area (Å²) >= 11 is 7.50. The topological polar surface area (TPSA) is 68.5 Å². The summed E-state index contributed by atoms with van der Waals surface area (Å²) in [6, 6.07) is 7.61. The second kappa shape index (κ2) is 7.81. The zero-order valence-electron chi connectivity index (χ0n) is 12.4. The van der Waals surface area contributed by atoms with Crippen molar-refractivity contribution < 1.29 is 14.1 Å². The highest BCUT2D eigenvalue weighted by Gasteiger charge is 2.27. The number of hydrogen-bond donors (Lipinski definition) is 0. The molecule has 1 aromatic heterocycles. The lowest BCUT2D eigenvalue weighted by atomic mass is 10.2. The third-order valence-corrected chi connectivity index (χ3v) is 4.75. The van der Waals surface area contributed by atoms with Crippen LogP contribution < -0.4 is 0 Å². The largest absolute Gasteiger partial charge is 0.366 e. The molecule has 1 aliphatic rings. The third kappa shape index (κ3) is 4.46. The van der Waals surface area contributed by atoms with Crippen LogP contribution in [0.4, 0.5) is 0 Å². The Morgan fingerprint density at radius 1 is 1.39 bits per heavy atom. The average Bonchev–Trinajstić information content (AvgIpc) is 3.11. The molecule has 6 nitrogen and oxygen atoms in total. The molecule has 1 amide bonds. The fourth-order valence-electron chi connectivity index (χ4n) is 2.30. The van der Waals surface area contributed by atoms with Gasteiger partial charge >= 0.3 is 0 Å². The maximum atomic E-state index is 12.3. The number of aromatic nitrogens is 2. The molecule has 122 valence electrons. The molecule has 1 saturated heterocycles. The number of carbonyl (C=O) groups is 1. The standard InChI is InChI=1S/C15H16ClN3O3S/c16-11-1-3-12(4-2-11)23-8-5-14(20)19-6-7-21-13(9-19)15-17-10-22-18-15/h1-4,10,13H,5-9H2. The average molecular weight is 354 g/mol. The molecule has 1 aromatic carbocycles. The number of benzene rings is 1. The molecule has 1 atom stereocenters. The normalized spacial score (nSPS) is 18.1. The van der Waals surface area contributed by atoms with Crippen LogP contribution in [0.1, 0.15) is 18.3 Å². The smallest absolute Gasteiger partial charge is 0.223 e. The molecule has 0 aliphatic carbocycles. The van der Waals surface area contributed by atoms with Crippen molar-refractivity contribution in [3.8, 4) is 0 Å². The highest BCUT2D eigenvalue weighted by molar-refractivity contribution is 7.99. The molecular weight excluding hydrogens is 338 g/mol. The van der Waals surface area contributed by atoms with Gasteiger partial charge in [-0.2, -0.15) is 4.98 Å². The van der Waals surface area contributed by atoms with Crippen LogP contribution in [0.2, 0.25) is 5.02 Å². The van der Waals surface area contributed by atoms with Gasteiger partial charge in [-0.05, 0) is 24.3 Å². The Kier molecular flexibility index (Phi) is 5.53. The summed E-state index contributed by atoms with van der Waals surface area (Å²) in [6.45, 7) is 1.54. The van der Waals surface area contributed by atoms with Crippen LogP contribution in [0, 0.1) is 0 Å². The Labute approximate surface area is 143 Å². The van der Waals surface area contributed by atoms with Gasteiger partial charge in [0.05, 0.1) is 13.2 Å². The number of ether oxygens (including phenoxy) is 1. The van der Waals surface area contributed by atoms with Gasteiger partial charge in [0.1, 0.15) is 6.10 Å². The van der Waals surface area contributed by atoms with Gasteiger partial charge in [-0.3, -0.25) is 4.79 Å². The number of thioether (sulfide) groups is 1. The monoisotopic (exact) mass is 353 g/mol. The first-order valence-corrected chi connectivity index (χ1v) is 8.63. The van der Waals surface area contributed by atoms with Gasteiger partial charge in [0.25, 0.3) is 0 Å². The molecule has 2 heterocycles. The van der Waals surface area contributed by atoms with E-state index in [1.54, 1.807) is 16.7 Å². The molecule has 0 spiro atoms. The van der Waals surface area contributed by atoms with Gasteiger partial charge in [0.15, 0.2) is 0 Å². The van der Waals surface area contributed by atoms with Crippen LogP contribution in [0.3, 0.4) is 0 Å². The highest BCUT2D eigenvalue weighted by atomic mass is 35.5. The summed E-state index contributed by atoms with van der Waals surface area (Å²) in [5.74, 6) is 1.33. The zero-order chi connectivity index (χ0) is 16.1. The van der Waals surface area contributed by atoms with Crippen LogP contribution in [-0.4, -0.2) is 46.4 Å². The van der Waals surface area contributed by atoms with Gasteiger partial charge in [-0.1, -0.05) is 16.8 Å². The molecule has 0 bridgehead atoms. The second-order valence-corrected chi connectivity index (χ2v) is 6.65. The van der Waals surface area contributed by atoms with Gasteiger partial charge in [-0.25, -0.2) is 0 Å². The van der Waals surface area contributed by atoms with Crippen molar-refractivity contribution in [2.45, 2.75) is 17.4 Å². The molecule has 0 saturated carbocycles. The van der Waals surface area contributed by atoms with Crippen molar-refractivity contribution in [2.75, 3.05) is 25.4 Å². The van der Waals surface area contributed by atoms with Crippen molar-refractivity contribution in [3.05, 3.63) is 41.5 Å². The van der Waals surface area contributed by atoms with Crippen molar-refractivity contribution in [3.63, 3.8) is 0 Å². The van der Waals surface area contributed by atoms with Crippen LogP contribution in [-0.2, 0) is 9.53 Å². The van der Waals surface area contributed by atoms with Crippen molar-refractivity contribution in [1.82, 2.24) is 15.0 Å². The molecule has 0 N–H and O–H groups in total. The first-order chi connectivity index (χ1) is 11.2. The minimum absolute atomic E-state index is 0.114. The lowest BCUT2D eigenvalue weighted by Crippen LogP contribution is -2.42. The van der Waals surface area contributed by atoms with Crippen molar-refractivity contribution >= 4 is 29.3 Å². The fourth-order valence-corrected chi connectivity index (χ4v) is 3.26. The van der Waals surface area contributed by atoms with Gasteiger partial charge in [-0.15, -0.1) is 11.8 Å². The molecule has 2 aromatic rings. The molecule has 0 radical (unpaired) electrons. The fraction of sp³-hybridized carbons (Fsp3) is 0.400. The molecule has 1 fully saturated rings. The number of amides is 1. The number of hydrogen-bond acceptors (Lipinski definition) is 6. The summed E-state index contributed by atoms with van der Waals surface area (Å²) in [4.78, 5) is 19.2. The number of halogens is 1. The predicted molar refractivity (Wildman–Crippen MR) is 86.4 cm³/mol. The van der Waals surface area contributed by atoms with E-state index in [1.807, 2.05) is 24.3 Å². The van der Waals surface area contributed by atoms with E-state index in [-0.39, 0.29) is 12.0 Å². The molecule has 1 unspecified atom stereocenters. The molecular formula is C15H16ClN3O3S. The molecule has 3 rings (SSSR count). The van der Waals surface area contributed by atoms with E-state index in [1.165, 1.54) is 6.39 Å². The van der Waals surface area contributed by atoms with E-state index in [9.17, 15) is 4.79 Å². The first-order valence-electron chi connectivity index (χ1n) is 7.26. The Morgan fingerprint density at radius 2 is 2.22 bits per heavy atom. The minimum Gasteiger partial charge on any atom is -0.366 e. The van der Waals surface area contributed by atoms with Crippen LogP contribution in [0.5, 0.6) is 0 Å². The van der Waals surface area contributed by atoms with E-state index in [0.717, 1.165) is 10.6 Å².